The molecule has 2 aromatic carbocycles. The maximum atomic E-state index is 13.4. The van der Waals surface area contributed by atoms with Crippen molar-refractivity contribution in [2.75, 3.05) is 26.9 Å². The molecule has 3 aromatic rings. The highest BCUT2D eigenvalue weighted by atomic mass is 35.5. The summed E-state index contributed by atoms with van der Waals surface area (Å²) in [5.74, 6) is -0.534. The van der Waals surface area contributed by atoms with Crippen molar-refractivity contribution in [3.8, 4) is 28.8 Å². The lowest BCUT2D eigenvalue weighted by molar-refractivity contribution is -0.141. The number of para-hydroxylation sites is 1. The van der Waals surface area contributed by atoms with Crippen LogP contribution in [0.1, 0.15) is 32.3 Å². The SMILES string of the molecule is CCCCOc1ccc(-c2nn(-c3ccccc3)cc2/C=C2/C(=O)N(CCOC)C(=O)C(C#N)=C2C)cc1Cl. The fourth-order valence-electron chi connectivity index (χ4n) is 4.19. The predicted molar refractivity (Wildman–Crippen MR) is 149 cm³/mol. The number of halogens is 1. The Morgan fingerprint density at radius 3 is 2.54 bits per heavy atom. The zero-order valence-corrected chi connectivity index (χ0v) is 22.9. The Bertz CT molecular complexity index is 1480. The number of amides is 2. The van der Waals surface area contributed by atoms with Crippen LogP contribution in [0.2, 0.25) is 5.02 Å². The maximum Gasteiger partial charge on any atom is 0.271 e. The monoisotopic (exact) mass is 544 g/mol. The number of carbonyl (C=O) groups is 2. The summed E-state index contributed by atoms with van der Waals surface area (Å²) >= 11 is 6.57. The van der Waals surface area contributed by atoms with Crippen LogP contribution < -0.4 is 4.74 Å². The van der Waals surface area contributed by atoms with Crippen LogP contribution in [-0.4, -0.2) is 53.4 Å². The summed E-state index contributed by atoms with van der Waals surface area (Å²) in [7, 11) is 1.48. The van der Waals surface area contributed by atoms with Crippen LogP contribution in [0.15, 0.2) is 71.4 Å². The number of benzene rings is 2. The van der Waals surface area contributed by atoms with E-state index < -0.39 is 11.8 Å². The molecule has 0 spiro atoms. The number of nitriles is 1. The minimum Gasteiger partial charge on any atom is -0.492 e. The van der Waals surface area contributed by atoms with Crippen molar-refractivity contribution in [2.24, 2.45) is 0 Å². The standard InChI is InChI=1S/C30H29ClN4O4/c1-4-5-14-39-27-12-11-21(17-26(27)31)28-22(19-35(33-28)23-9-7-6-8-10-23)16-24-20(2)25(18-32)30(37)34(29(24)36)13-15-38-3/h6-12,16-17,19H,4-5,13-15H2,1-3H3/b24-16+. The molecule has 200 valence electrons. The second-order valence-corrected chi connectivity index (χ2v) is 9.39. The van der Waals surface area contributed by atoms with E-state index in [1.807, 2.05) is 48.5 Å². The molecule has 2 amide bonds. The number of methoxy groups -OCH3 is 1. The molecule has 0 saturated carbocycles. The third-order valence-corrected chi connectivity index (χ3v) is 6.66. The molecule has 0 unspecified atom stereocenters. The Hall–Kier alpha value is -4.19. The summed E-state index contributed by atoms with van der Waals surface area (Å²) in [6.07, 6.45) is 5.41. The molecule has 0 fully saturated rings. The van der Waals surface area contributed by atoms with Crippen molar-refractivity contribution in [3.05, 3.63) is 82.0 Å². The third-order valence-electron chi connectivity index (χ3n) is 6.37. The minimum atomic E-state index is -0.625. The zero-order valence-electron chi connectivity index (χ0n) is 22.1. The molecule has 0 radical (unpaired) electrons. The number of unbranched alkanes of at least 4 members (excludes halogenated alkanes) is 1. The lowest BCUT2D eigenvalue weighted by atomic mass is 9.93. The van der Waals surface area contributed by atoms with Crippen LogP contribution in [0.3, 0.4) is 0 Å². The molecule has 2 heterocycles. The first-order chi connectivity index (χ1) is 18.9. The number of aromatic nitrogens is 2. The van der Waals surface area contributed by atoms with Crippen molar-refractivity contribution in [3.63, 3.8) is 0 Å². The van der Waals surface area contributed by atoms with Gasteiger partial charge in [0.15, 0.2) is 0 Å². The van der Waals surface area contributed by atoms with E-state index in [1.165, 1.54) is 7.11 Å². The van der Waals surface area contributed by atoms with E-state index >= 15 is 0 Å². The first kappa shape index (κ1) is 27.8. The van der Waals surface area contributed by atoms with Gasteiger partial charge in [-0.3, -0.25) is 14.5 Å². The van der Waals surface area contributed by atoms with E-state index in [4.69, 9.17) is 26.2 Å². The molecular weight excluding hydrogens is 516 g/mol. The molecule has 39 heavy (non-hydrogen) atoms. The van der Waals surface area contributed by atoms with E-state index in [-0.39, 0.29) is 24.3 Å². The Labute approximate surface area is 232 Å². The molecule has 1 aliphatic rings. The molecule has 9 heteroatoms. The predicted octanol–water partition coefficient (Wildman–Crippen LogP) is 5.61. The van der Waals surface area contributed by atoms with Crippen LogP contribution in [0, 0.1) is 11.3 Å². The molecule has 1 aliphatic heterocycles. The van der Waals surface area contributed by atoms with Crippen LogP contribution >= 0.6 is 11.6 Å². The largest absolute Gasteiger partial charge is 0.492 e. The molecule has 0 aliphatic carbocycles. The molecule has 0 atom stereocenters. The fraction of sp³-hybridized carbons (Fsp3) is 0.267. The first-order valence-corrected chi connectivity index (χ1v) is 13.0. The number of rotatable bonds is 10. The zero-order chi connectivity index (χ0) is 27.9. The average Bonchev–Trinajstić information content (AvgIpc) is 3.37. The normalized spacial score (nSPS) is 14.7. The van der Waals surface area contributed by atoms with Gasteiger partial charge >= 0.3 is 0 Å². The van der Waals surface area contributed by atoms with Gasteiger partial charge in [0, 0.05) is 30.0 Å². The molecule has 4 rings (SSSR count). The highest BCUT2D eigenvalue weighted by molar-refractivity contribution is 6.32. The lowest BCUT2D eigenvalue weighted by Crippen LogP contribution is -2.44. The number of hydrogen-bond donors (Lipinski definition) is 0. The van der Waals surface area contributed by atoms with E-state index in [0.29, 0.717) is 34.2 Å². The number of ether oxygens (including phenoxy) is 2. The molecule has 0 N–H and O–H groups in total. The van der Waals surface area contributed by atoms with Gasteiger partial charge in [-0.2, -0.15) is 10.4 Å². The highest BCUT2D eigenvalue weighted by Gasteiger charge is 2.35. The van der Waals surface area contributed by atoms with Gasteiger partial charge in [-0.1, -0.05) is 43.1 Å². The molecule has 0 bridgehead atoms. The first-order valence-electron chi connectivity index (χ1n) is 12.7. The average molecular weight is 545 g/mol. The Kier molecular flexibility index (Phi) is 8.97. The number of hydrogen-bond acceptors (Lipinski definition) is 6. The Balaban J connectivity index is 1.84. The lowest BCUT2D eigenvalue weighted by Gasteiger charge is -2.27. The van der Waals surface area contributed by atoms with Crippen molar-refractivity contribution in [1.82, 2.24) is 14.7 Å². The minimum absolute atomic E-state index is 0.0369. The molecule has 0 saturated heterocycles. The van der Waals surface area contributed by atoms with Gasteiger partial charge in [-0.05, 0) is 55.3 Å². The van der Waals surface area contributed by atoms with E-state index in [0.717, 1.165) is 29.0 Å². The summed E-state index contributed by atoms with van der Waals surface area (Å²) in [6.45, 7) is 4.46. The molecule has 8 nitrogen and oxygen atoms in total. The van der Waals surface area contributed by atoms with Crippen molar-refractivity contribution in [2.45, 2.75) is 26.7 Å². The summed E-state index contributed by atoms with van der Waals surface area (Å²) < 4.78 is 12.6. The molecular formula is C30H29ClN4O4. The Morgan fingerprint density at radius 1 is 1.10 bits per heavy atom. The van der Waals surface area contributed by atoms with Gasteiger partial charge < -0.3 is 9.47 Å². The van der Waals surface area contributed by atoms with Gasteiger partial charge in [0.2, 0.25) is 0 Å². The van der Waals surface area contributed by atoms with Gasteiger partial charge in [-0.25, -0.2) is 4.68 Å². The van der Waals surface area contributed by atoms with Crippen molar-refractivity contribution < 1.29 is 19.1 Å². The highest BCUT2D eigenvalue weighted by Crippen LogP contribution is 2.34. The van der Waals surface area contributed by atoms with Crippen LogP contribution in [-0.2, 0) is 14.3 Å². The summed E-state index contributed by atoms with van der Waals surface area (Å²) in [4.78, 5) is 27.3. The second-order valence-electron chi connectivity index (χ2n) is 8.98. The van der Waals surface area contributed by atoms with Crippen LogP contribution in [0.5, 0.6) is 5.75 Å². The fourth-order valence-corrected chi connectivity index (χ4v) is 4.43. The van der Waals surface area contributed by atoms with Gasteiger partial charge in [-0.15, -0.1) is 0 Å². The third kappa shape index (κ3) is 5.95. The van der Waals surface area contributed by atoms with Crippen molar-refractivity contribution >= 4 is 29.5 Å². The quantitative estimate of drug-likeness (QED) is 0.187. The van der Waals surface area contributed by atoms with Crippen molar-refractivity contribution in [1.29, 1.82) is 5.26 Å². The van der Waals surface area contributed by atoms with Crippen LogP contribution in [0.25, 0.3) is 23.0 Å². The topological polar surface area (TPSA) is 97.4 Å². The Morgan fingerprint density at radius 2 is 1.87 bits per heavy atom. The number of imide groups is 1. The number of carbonyl (C=O) groups excluding carboxylic acids is 2. The number of nitrogens with zero attached hydrogens (tertiary/aromatic N) is 4. The maximum absolute atomic E-state index is 13.4. The van der Waals surface area contributed by atoms with Gasteiger partial charge in [0.25, 0.3) is 11.8 Å². The summed E-state index contributed by atoms with van der Waals surface area (Å²) in [5, 5.41) is 15.0. The smallest absolute Gasteiger partial charge is 0.271 e. The van der Waals surface area contributed by atoms with E-state index in [1.54, 1.807) is 29.9 Å². The second kappa shape index (κ2) is 12.6. The van der Waals surface area contributed by atoms with Crippen LogP contribution in [0.4, 0.5) is 0 Å². The summed E-state index contributed by atoms with van der Waals surface area (Å²) in [6, 6.07) is 17.0. The van der Waals surface area contributed by atoms with Gasteiger partial charge in [0.05, 0.1) is 30.5 Å². The molecule has 1 aromatic heterocycles. The van der Waals surface area contributed by atoms with E-state index in [2.05, 4.69) is 6.92 Å². The van der Waals surface area contributed by atoms with E-state index in [9.17, 15) is 14.9 Å². The summed E-state index contributed by atoms with van der Waals surface area (Å²) in [5.41, 5.74) is 3.22. The van der Waals surface area contributed by atoms with Gasteiger partial charge in [0.1, 0.15) is 23.1 Å².